The summed E-state index contributed by atoms with van der Waals surface area (Å²) in [5.41, 5.74) is 0.508. The predicted molar refractivity (Wildman–Crippen MR) is 77.8 cm³/mol. The fraction of sp³-hybridized carbons (Fsp3) is 0.438. The highest BCUT2D eigenvalue weighted by atomic mass is 16.6. The van der Waals surface area contributed by atoms with Crippen molar-refractivity contribution >= 4 is 6.09 Å². The Balaban J connectivity index is 2.07. The van der Waals surface area contributed by atoms with Gasteiger partial charge >= 0.3 is 6.09 Å². The molecule has 2 rings (SSSR count). The van der Waals surface area contributed by atoms with E-state index in [2.05, 4.69) is 6.08 Å². The van der Waals surface area contributed by atoms with Crippen LogP contribution in [0.1, 0.15) is 32.3 Å². The first-order chi connectivity index (χ1) is 9.35. The Bertz CT molecular complexity index is 517. The molecule has 1 aliphatic heterocycles. The van der Waals surface area contributed by atoms with E-state index in [1.165, 1.54) is 0 Å². The van der Waals surface area contributed by atoms with Crippen molar-refractivity contribution in [3.05, 3.63) is 42.0 Å². The molecular formula is C16H21NO3. The zero-order valence-electron chi connectivity index (χ0n) is 12.2. The van der Waals surface area contributed by atoms with Gasteiger partial charge in [0.1, 0.15) is 11.4 Å². The number of nitrogens with zero attached hydrogens (tertiary/aromatic N) is 1. The summed E-state index contributed by atoms with van der Waals surface area (Å²) in [7, 11) is 0. The number of carbonyl (C=O) groups is 1. The first kappa shape index (κ1) is 14.4. The average molecular weight is 275 g/mol. The Morgan fingerprint density at radius 2 is 2.15 bits per heavy atom. The number of hydrogen-bond donors (Lipinski definition) is 1. The second-order valence-corrected chi connectivity index (χ2v) is 6.01. The van der Waals surface area contributed by atoms with Crippen molar-refractivity contribution in [2.24, 2.45) is 0 Å². The maximum absolute atomic E-state index is 12.1. The summed E-state index contributed by atoms with van der Waals surface area (Å²) in [5, 5.41) is 9.54. The van der Waals surface area contributed by atoms with Crippen LogP contribution >= 0.6 is 0 Å². The molecule has 0 radical (unpaired) electrons. The summed E-state index contributed by atoms with van der Waals surface area (Å²) in [5.74, 6) is 0.327. The lowest BCUT2D eigenvalue weighted by Crippen LogP contribution is -2.40. The second-order valence-electron chi connectivity index (χ2n) is 6.01. The molecule has 0 spiro atoms. The van der Waals surface area contributed by atoms with Crippen molar-refractivity contribution in [2.75, 3.05) is 13.1 Å². The molecule has 0 unspecified atom stereocenters. The van der Waals surface area contributed by atoms with E-state index >= 15 is 0 Å². The normalized spacial score (nSPS) is 18.9. The van der Waals surface area contributed by atoms with E-state index < -0.39 is 5.60 Å². The molecule has 0 fully saturated rings. The maximum atomic E-state index is 12.1. The molecule has 0 aromatic heterocycles. The minimum atomic E-state index is -0.487. The predicted octanol–water partition coefficient (Wildman–Crippen LogP) is 3.28. The Labute approximate surface area is 119 Å². The highest BCUT2D eigenvalue weighted by molar-refractivity contribution is 5.68. The minimum Gasteiger partial charge on any atom is -0.508 e. The van der Waals surface area contributed by atoms with Gasteiger partial charge in [0.2, 0.25) is 0 Å². The molecule has 1 aromatic rings. The summed E-state index contributed by atoms with van der Waals surface area (Å²) >= 11 is 0. The van der Waals surface area contributed by atoms with Crippen LogP contribution in [-0.2, 0) is 4.74 Å². The third kappa shape index (κ3) is 3.76. The lowest BCUT2D eigenvalue weighted by Gasteiger charge is -2.31. The van der Waals surface area contributed by atoms with E-state index in [0.29, 0.717) is 13.1 Å². The van der Waals surface area contributed by atoms with Gasteiger partial charge in [0.25, 0.3) is 0 Å². The first-order valence-corrected chi connectivity index (χ1v) is 6.79. The molecule has 1 aliphatic rings. The lowest BCUT2D eigenvalue weighted by atomic mass is 9.96. The van der Waals surface area contributed by atoms with Gasteiger partial charge in [0.05, 0.1) is 0 Å². The summed E-state index contributed by atoms with van der Waals surface area (Å²) in [4.78, 5) is 13.8. The monoisotopic (exact) mass is 275 g/mol. The first-order valence-electron chi connectivity index (χ1n) is 6.79. The number of benzene rings is 1. The molecule has 4 nitrogen and oxygen atoms in total. The summed E-state index contributed by atoms with van der Waals surface area (Å²) < 4.78 is 5.39. The number of phenols is 1. The van der Waals surface area contributed by atoms with E-state index in [1.54, 1.807) is 17.0 Å². The molecule has 1 N–H and O–H groups in total. The highest BCUT2D eigenvalue weighted by Crippen LogP contribution is 2.25. The van der Waals surface area contributed by atoms with Crippen molar-refractivity contribution in [3.63, 3.8) is 0 Å². The molecule has 1 aromatic carbocycles. The van der Waals surface area contributed by atoms with Gasteiger partial charge < -0.3 is 14.7 Å². The lowest BCUT2D eigenvalue weighted by molar-refractivity contribution is 0.0259. The van der Waals surface area contributed by atoms with Gasteiger partial charge in [0, 0.05) is 19.0 Å². The van der Waals surface area contributed by atoms with E-state index in [1.807, 2.05) is 39.0 Å². The molecule has 4 heteroatoms. The van der Waals surface area contributed by atoms with Crippen LogP contribution < -0.4 is 0 Å². The minimum absolute atomic E-state index is 0.0865. The van der Waals surface area contributed by atoms with Crippen molar-refractivity contribution in [2.45, 2.75) is 32.3 Å². The van der Waals surface area contributed by atoms with Gasteiger partial charge in [-0.25, -0.2) is 4.79 Å². The van der Waals surface area contributed by atoms with Crippen molar-refractivity contribution in [1.29, 1.82) is 0 Å². The number of ether oxygens (including phenoxy) is 1. The van der Waals surface area contributed by atoms with E-state index in [4.69, 9.17) is 4.74 Å². The third-order valence-corrected chi connectivity index (χ3v) is 3.06. The quantitative estimate of drug-likeness (QED) is 0.800. The Kier molecular flexibility index (Phi) is 4.02. The number of hydrogen-bond acceptors (Lipinski definition) is 3. The standard InChI is InChI=1S/C16H21NO3/c1-16(2,3)20-15(19)17-9-5-7-13(11-17)12-6-4-8-14(18)10-12/h4-8,10,13,18H,9,11H2,1-3H3/t13-/m0/s1. The van der Waals surface area contributed by atoms with Gasteiger partial charge in [-0.1, -0.05) is 24.3 Å². The van der Waals surface area contributed by atoms with E-state index in [0.717, 1.165) is 5.56 Å². The number of rotatable bonds is 1. The fourth-order valence-corrected chi connectivity index (χ4v) is 2.17. The number of carbonyl (C=O) groups excluding carboxylic acids is 1. The molecule has 1 atom stereocenters. The van der Waals surface area contributed by atoms with Gasteiger partial charge in [0.15, 0.2) is 0 Å². The number of aromatic hydroxyl groups is 1. The second kappa shape index (κ2) is 5.57. The van der Waals surface area contributed by atoms with Crippen molar-refractivity contribution in [1.82, 2.24) is 4.90 Å². The van der Waals surface area contributed by atoms with E-state index in [-0.39, 0.29) is 17.8 Å². The molecule has 0 saturated heterocycles. The fourth-order valence-electron chi connectivity index (χ4n) is 2.17. The SMILES string of the molecule is CC(C)(C)OC(=O)N1CC=C[C@H](c2cccc(O)c2)C1. The van der Waals surface area contributed by atoms with Crippen LogP contribution in [0.25, 0.3) is 0 Å². The van der Waals surface area contributed by atoms with Gasteiger partial charge in [-0.3, -0.25) is 0 Å². The van der Waals surface area contributed by atoms with Crippen LogP contribution in [0.4, 0.5) is 4.79 Å². The molecule has 1 amide bonds. The molecule has 0 saturated carbocycles. The molecule has 1 heterocycles. The van der Waals surface area contributed by atoms with Crippen LogP contribution in [0.3, 0.4) is 0 Å². The summed E-state index contributed by atoms with van der Waals surface area (Å²) in [6, 6.07) is 7.13. The summed E-state index contributed by atoms with van der Waals surface area (Å²) in [6.07, 6.45) is 3.73. The Morgan fingerprint density at radius 1 is 1.40 bits per heavy atom. The average Bonchev–Trinajstić information content (AvgIpc) is 2.37. The molecule has 20 heavy (non-hydrogen) atoms. The largest absolute Gasteiger partial charge is 0.508 e. The number of amides is 1. The smallest absolute Gasteiger partial charge is 0.410 e. The highest BCUT2D eigenvalue weighted by Gasteiger charge is 2.25. The van der Waals surface area contributed by atoms with Gasteiger partial charge in [-0.15, -0.1) is 0 Å². The van der Waals surface area contributed by atoms with Gasteiger partial charge in [-0.05, 0) is 38.5 Å². The van der Waals surface area contributed by atoms with Crippen LogP contribution in [0, 0.1) is 0 Å². The number of phenolic OH excluding ortho intramolecular Hbond substituents is 1. The maximum Gasteiger partial charge on any atom is 0.410 e. The van der Waals surface area contributed by atoms with Crippen LogP contribution in [0.15, 0.2) is 36.4 Å². The van der Waals surface area contributed by atoms with Crippen LogP contribution in [0.5, 0.6) is 5.75 Å². The zero-order valence-corrected chi connectivity index (χ0v) is 12.2. The summed E-state index contributed by atoms with van der Waals surface area (Å²) in [6.45, 7) is 6.70. The molecule has 108 valence electrons. The van der Waals surface area contributed by atoms with Crippen molar-refractivity contribution in [3.8, 4) is 5.75 Å². The van der Waals surface area contributed by atoms with Crippen molar-refractivity contribution < 1.29 is 14.6 Å². The Morgan fingerprint density at radius 3 is 2.80 bits per heavy atom. The molecular weight excluding hydrogens is 254 g/mol. The Hall–Kier alpha value is -1.97. The topological polar surface area (TPSA) is 49.8 Å². The molecule has 0 bridgehead atoms. The van der Waals surface area contributed by atoms with Gasteiger partial charge in [-0.2, -0.15) is 0 Å². The third-order valence-electron chi connectivity index (χ3n) is 3.06. The van der Waals surface area contributed by atoms with Crippen LogP contribution in [0.2, 0.25) is 0 Å². The van der Waals surface area contributed by atoms with Crippen LogP contribution in [-0.4, -0.2) is 34.8 Å². The van der Waals surface area contributed by atoms with E-state index in [9.17, 15) is 9.90 Å². The molecule has 0 aliphatic carbocycles. The zero-order chi connectivity index (χ0) is 14.8.